The van der Waals surface area contributed by atoms with Crippen molar-refractivity contribution in [2.45, 2.75) is 25.4 Å². The number of anilines is 1. The molecule has 1 aromatic heterocycles. The first-order chi connectivity index (χ1) is 10.7. The zero-order valence-corrected chi connectivity index (χ0v) is 12.2. The van der Waals surface area contributed by atoms with Gasteiger partial charge in [-0.15, -0.1) is 5.10 Å². The van der Waals surface area contributed by atoms with Crippen molar-refractivity contribution in [2.75, 3.05) is 18.0 Å². The Bertz CT molecular complexity index is 605. The topological polar surface area (TPSA) is 63.1 Å². The van der Waals surface area contributed by atoms with Gasteiger partial charge in [0.15, 0.2) is 0 Å². The zero-order chi connectivity index (χ0) is 15.4. The average Bonchev–Trinajstić information content (AvgIpc) is 3.02. The van der Waals surface area contributed by atoms with Crippen LogP contribution in [0.2, 0.25) is 0 Å². The van der Waals surface area contributed by atoms with Gasteiger partial charge < -0.3 is 10.2 Å². The van der Waals surface area contributed by atoms with Gasteiger partial charge in [0.05, 0.1) is 6.20 Å². The Kier molecular flexibility index (Phi) is 4.32. The summed E-state index contributed by atoms with van der Waals surface area (Å²) in [4.78, 5) is 14.1. The summed E-state index contributed by atoms with van der Waals surface area (Å²) in [5, 5.41) is 10.5. The second-order valence-electron chi connectivity index (χ2n) is 5.41. The maximum absolute atomic E-state index is 12.9. The molecule has 0 atom stereocenters. The second-order valence-corrected chi connectivity index (χ2v) is 5.41. The van der Waals surface area contributed by atoms with Crippen LogP contribution in [0.5, 0.6) is 0 Å². The Morgan fingerprint density at radius 1 is 1.27 bits per heavy atom. The summed E-state index contributed by atoms with van der Waals surface area (Å²) in [5.41, 5.74) is 1.02. The fraction of sp³-hybridized carbons (Fsp3) is 0.400. The smallest absolute Gasteiger partial charge is 0.242 e. The Labute approximate surface area is 127 Å². The fourth-order valence-electron chi connectivity index (χ4n) is 2.67. The number of piperidine rings is 1. The molecule has 0 unspecified atom stereocenters. The molecule has 1 saturated heterocycles. The van der Waals surface area contributed by atoms with Crippen LogP contribution in [0.4, 0.5) is 10.1 Å². The first kappa shape index (κ1) is 14.5. The van der Waals surface area contributed by atoms with Crippen molar-refractivity contribution in [3.63, 3.8) is 0 Å². The van der Waals surface area contributed by atoms with Crippen molar-refractivity contribution >= 4 is 11.6 Å². The van der Waals surface area contributed by atoms with E-state index in [2.05, 4.69) is 20.5 Å². The molecule has 1 fully saturated rings. The normalized spacial score (nSPS) is 15.8. The average molecular weight is 303 g/mol. The van der Waals surface area contributed by atoms with Gasteiger partial charge in [-0.05, 0) is 37.1 Å². The van der Waals surface area contributed by atoms with Gasteiger partial charge in [0, 0.05) is 31.0 Å². The van der Waals surface area contributed by atoms with E-state index in [0.717, 1.165) is 31.6 Å². The van der Waals surface area contributed by atoms with Crippen LogP contribution >= 0.6 is 0 Å². The monoisotopic (exact) mass is 303 g/mol. The standard InChI is InChI=1S/C15H18FN5O/c16-12-1-3-14(4-2-12)20-8-5-13(6-9-20)18-15(22)11-21-10-7-17-19-21/h1-4,7,10,13H,5-6,8-9,11H2,(H,18,22). The quantitative estimate of drug-likeness (QED) is 0.922. The molecule has 0 aliphatic carbocycles. The van der Waals surface area contributed by atoms with E-state index in [9.17, 15) is 9.18 Å². The molecule has 116 valence electrons. The van der Waals surface area contributed by atoms with Crippen LogP contribution in [0.25, 0.3) is 0 Å². The minimum Gasteiger partial charge on any atom is -0.371 e. The number of amides is 1. The molecule has 1 aromatic carbocycles. The van der Waals surface area contributed by atoms with Crippen LogP contribution in [0, 0.1) is 5.82 Å². The van der Waals surface area contributed by atoms with Crippen molar-refractivity contribution in [1.82, 2.24) is 20.3 Å². The Balaban J connectivity index is 1.47. The van der Waals surface area contributed by atoms with E-state index in [1.165, 1.54) is 16.8 Å². The van der Waals surface area contributed by atoms with E-state index in [4.69, 9.17) is 0 Å². The van der Waals surface area contributed by atoms with E-state index in [1.54, 1.807) is 24.5 Å². The molecule has 1 amide bonds. The molecule has 1 aliphatic heterocycles. The molecule has 0 saturated carbocycles. The van der Waals surface area contributed by atoms with E-state index in [0.29, 0.717) is 0 Å². The highest BCUT2D eigenvalue weighted by Gasteiger charge is 2.21. The van der Waals surface area contributed by atoms with Gasteiger partial charge in [0.1, 0.15) is 12.4 Å². The van der Waals surface area contributed by atoms with E-state index < -0.39 is 0 Å². The summed E-state index contributed by atoms with van der Waals surface area (Å²) in [6.07, 6.45) is 4.96. The Morgan fingerprint density at radius 2 is 2.00 bits per heavy atom. The molecule has 6 nitrogen and oxygen atoms in total. The molecule has 2 heterocycles. The molecule has 0 bridgehead atoms. The first-order valence-electron chi connectivity index (χ1n) is 7.35. The number of hydrogen-bond donors (Lipinski definition) is 1. The number of rotatable bonds is 4. The SMILES string of the molecule is O=C(Cn1ccnn1)NC1CCN(c2ccc(F)cc2)CC1. The number of nitrogens with zero attached hydrogens (tertiary/aromatic N) is 4. The lowest BCUT2D eigenvalue weighted by Crippen LogP contribution is -2.45. The van der Waals surface area contributed by atoms with Crippen molar-refractivity contribution < 1.29 is 9.18 Å². The molecular formula is C15H18FN5O. The van der Waals surface area contributed by atoms with Gasteiger partial charge in [-0.3, -0.25) is 4.79 Å². The summed E-state index contributed by atoms with van der Waals surface area (Å²) in [6.45, 7) is 1.89. The molecule has 0 radical (unpaired) electrons. The lowest BCUT2D eigenvalue weighted by molar-refractivity contribution is -0.122. The van der Waals surface area contributed by atoms with Gasteiger partial charge >= 0.3 is 0 Å². The number of aromatic nitrogens is 3. The van der Waals surface area contributed by atoms with Crippen molar-refractivity contribution in [3.8, 4) is 0 Å². The minimum atomic E-state index is -0.223. The zero-order valence-electron chi connectivity index (χ0n) is 12.2. The van der Waals surface area contributed by atoms with Crippen LogP contribution in [-0.4, -0.2) is 40.0 Å². The van der Waals surface area contributed by atoms with Crippen molar-refractivity contribution in [1.29, 1.82) is 0 Å². The lowest BCUT2D eigenvalue weighted by atomic mass is 10.0. The lowest BCUT2D eigenvalue weighted by Gasteiger charge is -2.34. The van der Waals surface area contributed by atoms with Crippen molar-refractivity contribution in [3.05, 3.63) is 42.5 Å². The highest BCUT2D eigenvalue weighted by atomic mass is 19.1. The molecule has 0 spiro atoms. The number of nitrogens with one attached hydrogen (secondary N) is 1. The second kappa shape index (κ2) is 6.55. The largest absolute Gasteiger partial charge is 0.371 e. The molecule has 22 heavy (non-hydrogen) atoms. The predicted octanol–water partition coefficient (Wildman–Crippen LogP) is 1.20. The highest BCUT2D eigenvalue weighted by Crippen LogP contribution is 2.20. The minimum absolute atomic E-state index is 0.0502. The molecule has 3 rings (SSSR count). The third-order valence-corrected chi connectivity index (χ3v) is 3.83. The van der Waals surface area contributed by atoms with Crippen LogP contribution < -0.4 is 10.2 Å². The van der Waals surface area contributed by atoms with E-state index in [-0.39, 0.29) is 24.3 Å². The van der Waals surface area contributed by atoms with Crippen molar-refractivity contribution in [2.24, 2.45) is 0 Å². The van der Waals surface area contributed by atoms with E-state index >= 15 is 0 Å². The van der Waals surface area contributed by atoms with Gasteiger partial charge in [-0.25, -0.2) is 9.07 Å². The highest BCUT2D eigenvalue weighted by molar-refractivity contribution is 5.76. The molecule has 7 heteroatoms. The molecular weight excluding hydrogens is 285 g/mol. The van der Waals surface area contributed by atoms with Gasteiger partial charge in [0.25, 0.3) is 0 Å². The maximum atomic E-state index is 12.9. The number of halogens is 1. The van der Waals surface area contributed by atoms with Gasteiger partial charge in [-0.1, -0.05) is 5.21 Å². The van der Waals surface area contributed by atoms with Gasteiger partial charge in [0.2, 0.25) is 5.91 Å². The summed E-state index contributed by atoms with van der Waals surface area (Å²) >= 11 is 0. The van der Waals surface area contributed by atoms with Gasteiger partial charge in [-0.2, -0.15) is 0 Å². The predicted molar refractivity (Wildman–Crippen MR) is 79.8 cm³/mol. The van der Waals surface area contributed by atoms with Crippen LogP contribution in [-0.2, 0) is 11.3 Å². The maximum Gasteiger partial charge on any atom is 0.242 e. The Morgan fingerprint density at radius 3 is 2.64 bits per heavy atom. The first-order valence-corrected chi connectivity index (χ1v) is 7.35. The molecule has 2 aromatic rings. The number of carbonyl (C=O) groups is 1. The number of benzene rings is 1. The van der Waals surface area contributed by atoms with E-state index in [1.807, 2.05) is 0 Å². The number of hydrogen-bond acceptors (Lipinski definition) is 4. The summed E-state index contributed by atoms with van der Waals surface area (Å²) < 4.78 is 14.4. The number of carbonyl (C=O) groups excluding carboxylic acids is 1. The summed E-state index contributed by atoms with van der Waals surface area (Å²) in [7, 11) is 0. The van der Waals surface area contributed by atoms with Crippen LogP contribution in [0.1, 0.15) is 12.8 Å². The summed E-state index contributed by atoms with van der Waals surface area (Å²) in [6, 6.07) is 6.70. The third kappa shape index (κ3) is 3.60. The van der Waals surface area contributed by atoms with Crippen LogP contribution in [0.15, 0.2) is 36.7 Å². The van der Waals surface area contributed by atoms with Crippen LogP contribution in [0.3, 0.4) is 0 Å². The molecule has 1 aliphatic rings. The Hall–Kier alpha value is -2.44. The third-order valence-electron chi connectivity index (χ3n) is 3.83. The fourth-order valence-corrected chi connectivity index (χ4v) is 2.67. The summed E-state index contributed by atoms with van der Waals surface area (Å²) in [5.74, 6) is -0.273. The molecule has 1 N–H and O–H groups in total.